The molecule has 54 heavy (non-hydrogen) atoms. The van der Waals surface area contributed by atoms with Gasteiger partial charge in [0.05, 0.1) is 11.0 Å². The van der Waals surface area contributed by atoms with E-state index in [1.165, 1.54) is 87.2 Å². The van der Waals surface area contributed by atoms with Crippen LogP contribution in [0.2, 0.25) is 0 Å². The summed E-state index contributed by atoms with van der Waals surface area (Å²) in [6, 6.07) is 62.8. The van der Waals surface area contributed by atoms with Gasteiger partial charge in [-0.15, -0.1) is 0 Å². The lowest BCUT2D eigenvalue weighted by Crippen LogP contribution is -2.15. The maximum Gasteiger partial charge on any atom is 0.145 e. The van der Waals surface area contributed by atoms with E-state index < -0.39 is 0 Å². The molecule has 10 aromatic carbocycles. The minimum Gasteiger partial charge on any atom is -0.292 e. The number of aromatic nitrogens is 2. The Balaban J connectivity index is 0.974. The summed E-state index contributed by atoms with van der Waals surface area (Å²) < 4.78 is 2.27. The van der Waals surface area contributed by atoms with Crippen LogP contribution in [-0.4, -0.2) is 9.55 Å². The van der Waals surface area contributed by atoms with Crippen LogP contribution in [0.3, 0.4) is 0 Å². The second-order valence-electron chi connectivity index (χ2n) is 15.6. The van der Waals surface area contributed by atoms with E-state index in [-0.39, 0.29) is 5.41 Å². The number of hydrogen-bond donors (Lipinski definition) is 0. The molecule has 11 aromatic rings. The first-order chi connectivity index (χ1) is 26.5. The van der Waals surface area contributed by atoms with Gasteiger partial charge in [-0.1, -0.05) is 135 Å². The smallest absolute Gasteiger partial charge is 0.145 e. The van der Waals surface area contributed by atoms with E-state index in [1.807, 2.05) is 0 Å². The molecular weight excluding hydrogens is 653 g/mol. The first-order valence-corrected chi connectivity index (χ1v) is 18.9. The van der Waals surface area contributed by atoms with Crippen LogP contribution in [0, 0.1) is 0 Å². The Kier molecular flexibility index (Phi) is 5.87. The molecule has 0 amide bonds. The molecule has 1 heterocycles. The molecule has 0 fully saturated rings. The monoisotopic (exact) mass is 686 g/mol. The Morgan fingerprint density at radius 2 is 1.02 bits per heavy atom. The van der Waals surface area contributed by atoms with Crippen molar-refractivity contribution in [3.8, 4) is 39.3 Å². The molecule has 0 saturated heterocycles. The summed E-state index contributed by atoms with van der Waals surface area (Å²) in [5.74, 6) is 0.950. The predicted octanol–water partition coefficient (Wildman–Crippen LogP) is 13.9. The van der Waals surface area contributed by atoms with Crippen molar-refractivity contribution in [2.45, 2.75) is 19.3 Å². The maximum absolute atomic E-state index is 5.11. The zero-order valence-corrected chi connectivity index (χ0v) is 30.1. The zero-order chi connectivity index (χ0) is 35.7. The molecule has 1 aliphatic rings. The van der Waals surface area contributed by atoms with Gasteiger partial charge in [-0.25, -0.2) is 4.98 Å². The average molecular weight is 687 g/mol. The second-order valence-corrected chi connectivity index (χ2v) is 15.6. The van der Waals surface area contributed by atoms with E-state index in [0.717, 1.165) is 28.1 Å². The fourth-order valence-corrected chi connectivity index (χ4v) is 9.64. The van der Waals surface area contributed by atoms with Crippen LogP contribution in [0.1, 0.15) is 25.0 Å². The number of rotatable bonds is 4. The fraction of sp³-hybridized carbons (Fsp3) is 0.0577. The summed E-state index contributed by atoms with van der Waals surface area (Å²) in [4.78, 5) is 5.11. The Bertz CT molecular complexity index is 3310. The largest absolute Gasteiger partial charge is 0.292 e. The highest BCUT2D eigenvalue weighted by molar-refractivity contribution is 6.26. The number of hydrogen-bond acceptors (Lipinski definition) is 1. The predicted molar refractivity (Wildman–Crippen MR) is 228 cm³/mol. The third-order valence-electron chi connectivity index (χ3n) is 12.3. The number of para-hydroxylation sites is 3. The Hall–Kier alpha value is -6.77. The molecule has 0 aliphatic heterocycles. The third kappa shape index (κ3) is 4.03. The van der Waals surface area contributed by atoms with E-state index in [2.05, 4.69) is 188 Å². The van der Waals surface area contributed by atoms with Crippen LogP contribution in [-0.2, 0) is 5.41 Å². The highest BCUT2D eigenvalue weighted by atomic mass is 15.1. The van der Waals surface area contributed by atoms with E-state index in [9.17, 15) is 0 Å². The van der Waals surface area contributed by atoms with Gasteiger partial charge in [0.2, 0.25) is 0 Å². The topological polar surface area (TPSA) is 17.8 Å². The lowest BCUT2D eigenvalue weighted by Gasteiger charge is -2.23. The first-order valence-electron chi connectivity index (χ1n) is 18.9. The highest BCUT2D eigenvalue weighted by Gasteiger charge is 2.35. The standard InChI is InChI=1S/C52H34N2/c1-52(2)43-29-38(31-15-19-35(20-16-31)51-53-45-13-6-7-14-46(45)54(51)40-11-4-3-5-12-40)27-36-21-22-37-28-39(30-44(52)50(37)49(36)43)41-25-23-34-18-17-32-9-8-10-33-24-26-42(41)48(34)47(32)33/h3-30H,1-2H3. The quantitative estimate of drug-likeness (QED) is 0.169. The van der Waals surface area contributed by atoms with Crippen molar-refractivity contribution >= 4 is 64.9 Å². The Morgan fingerprint density at radius 3 is 1.78 bits per heavy atom. The SMILES string of the molecule is CC1(C)c2cc(-c3ccc(-c4nc5ccccc5n4-c4ccccc4)cc3)cc3ccc4cc(-c5ccc6ccc7cccc8ccc5c6c78)cc1c4c23. The summed E-state index contributed by atoms with van der Waals surface area (Å²) in [5.41, 5.74) is 12.0. The van der Waals surface area contributed by atoms with Gasteiger partial charge in [0, 0.05) is 16.7 Å². The lowest BCUT2D eigenvalue weighted by atomic mass is 9.79. The van der Waals surface area contributed by atoms with Gasteiger partial charge >= 0.3 is 0 Å². The molecule has 0 atom stereocenters. The zero-order valence-electron chi connectivity index (χ0n) is 30.1. The van der Waals surface area contributed by atoms with Crippen LogP contribution in [0.4, 0.5) is 0 Å². The molecule has 0 N–H and O–H groups in total. The van der Waals surface area contributed by atoms with E-state index in [4.69, 9.17) is 4.98 Å². The van der Waals surface area contributed by atoms with Crippen LogP contribution in [0.5, 0.6) is 0 Å². The Labute approximate surface area is 312 Å². The van der Waals surface area contributed by atoms with Gasteiger partial charge in [-0.3, -0.25) is 4.57 Å². The van der Waals surface area contributed by atoms with E-state index in [1.54, 1.807) is 0 Å². The van der Waals surface area contributed by atoms with Crippen LogP contribution >= 0.6 is 0 Å². The van der Waals surface area contributed by atoms with Gasteiger partial charge in [0.1, 0.15) is 5.82 Å². The minimum atomic E-state index is -0.156. The third-order valence-corrected chi connectivity index (χ3v) is 12.3. The van der Waals surface area contributed by atoms with Gasteiger partial charge in [0.15, 0.2) is 0 Å². The van der Waals surface area contributed by atoms with E-state index in [0.29, 0.717) is 0 Å². The van der Waals surface area contributed by atoms with Crippen molar-refractivity contribution in [3.05, 3.63) is 181 Å². The molecular formula is C52H34N2. The van der Waals surface area contributed by atoms with Gasteiger partial charge in [0.25, 0.3) is 0 Å². The first kappa shape index (κ1) is 29.8. The van der Waals surface area contributed by atoms with Gasteiger partial charge < -0.3 is 0 Å². The summed E-state index contributed by atoms with van der Waals surface area (Å²) in [5, 5.41) is 13.4. The molecule has 0 radical (unpaired) electrons. The van der Waals surface area contributed by atoms with Gasteiger partial charge in [-0.05, 0) is 136 Å². The Morgan fingerprint density at radius 1 is 0.426 bits per heavy atom. The van der Waals surface area contributed by atoms with Gasteiger partial charge in [-0.2, -0.15) is 0 Å². The van der Waals surface area contributed by atoms with E-state index >= 15 is 0 Å². The number of imidazole rings is 1. The summed E-state index contributed by atoms with van der Waals surface area (Å²) in [7, 11) is 0. The summed E-state index contributed by atoms with van der Waals surface area (Å²) >= 11 is 0. The van der Waals surface area contributed by atoms with Crippen molar-refractivity contribution in [2.24, 2.45) is 0 Å². The molecule has 0 unspecified atom stereocenters. The molecule has 1 aliphatic carbocycles. The second kappa shape index (κ2) is 10.7. The number of benzene rings is 10. The summed E-state index contributed by atoms with van der Waals surface area (Å²) in [6.45, 7) is 4.82. The molecule has 1 aromatic heterocycles. The number of fused-ring (bicyclic) bond motifs is 1. The fourth-order valence-electron chi connectivity index (χ4n) is 9.64. The van der Waals surface area contributed by atoms with Crippen molar-refractivity contribution in [2.75, 3.05) is 0 Å². The normalized spacial score (nSPS) is 13.5. The average Bonchev–Trinajstić information content (AvgIpc) is 3.72. The number of nitrogens with zero attached hydrogens (tertiary/aromatic N) is 2. The summed E-state index contributed by atoms with van der Waals surface area (Å²) in [6.07, 6.45) is 0. The molecule has 252 valence electrons. The van der Waals surface area contributed by atoms with Crippen molar-refractivity contribution < 1.29 is 0 Å². The molecule has 0 saturated carbocycles. The molecule has 0 spiro atoms. The minimum absolute atomic E-state index is 0.156. The molecule has 12 rings (SSSR count). The van der Waals surface area contributed by atoms with Crippen LogP contribution in [0.15, 0.2) is 170 Å². The van der Waals surface area contributed by atoms with Crippen molar-refractivity contribution in [3.63, 3.8) is 0 Å². The highest BCUT2D eigenvalue weighted by Crippen LogP contribution is 2.52. The van der Waals surface area contributed by atoms with Crippen LogP contribution < -0.4 is 0 Å². The molecule has 2 nitrogen and oxygen atoms in total. The maximum atomic E-state index is 5.11. The van der Waals surface area contributed by atoms with Crippen molar-refractivity contribution in [1.29, 1.82) is 0 Å². The molecule has 2 heteroatoms. The van der Waals surface area contributed by atoms with Crippen molar-refractivity contribution in [1.82, 2.24) is 9.55 Å². The molecule has 0 bridgehead atoms. The van der Waals surface area contributed by atoms with Crippen LogP contribution in [0.25, 0.3) is 104 Å². The lowest BCUT2D eigenvalue weighted by molar-refractivity contribution is 0.663.